The molecule has 0 fully saturated rings. The molecule has 0 aliphatic rings. The molecule has 0 spiro atoms. The summed E-state index contributed by atoms with van der Waals surface area (Å²) in [4.78, 5) is 26.2. The van der Waals surface area contributed by atoms with Gasteiger partial charge in [-0.15, -0.1) is 0 Å². The Hall–Kier alpha value is -2.76. The summed E-state index contributed by atoms with van der Waals surface area (Å²) in [5, 5.41) is 11.3. The molecule has 1 aromatic carbocycles. The molecule has 0 aliphatic heterocycles. The molecule has 1 amide bonds. The highest BCUT2D eigenvalue weighted by Gasteiger charge is 2.09. The first-order valence-corrected chi connectivity index (χ1v) is 5.78. The first kappa shape index (κ1) is 13.7. The summed E-state index contributed by atoms with van der Waals surface area (Å²) in [7, 11) is 0. The molecule has 0 saturated heterocycles. The third kappa shape index (κ3) is 3.38. The maximum atomic E-state index is 13.0. The zero-order valence-corrected chi connectivity index (χ0v) is 10.3. The van der Waals surface area contributed by atoms with Crippen molar-refractivity contribution in [2.45, 2.75) is 6.54 Å². The van der Waals surface area contributed by atoms with E-state index in [4.69, 9.17) is 5.11 Å². The van der Waals surface area contributed by atoms with Crippen LogP contribution in [0.4, 0.5) is 4.39 Å². The van der Waals surface area contributed by atoms with Crippen molar-refractivity contribution in [3.63, 3.8) is 0 Å². The van der Waals surface area contributed by atoms with Crippen molar-refractivity contribution in [3.8, 4) is 0 Å². The second-order valence-corrected chi connectivity index (χ2v) is 4.05. The molecule has 0 bridgehead atoms. The molecule has 0 atom stereocenters. The molecule has 0 aliphatic carbocycles. The molecule has 2 aromatic rings. The quantitative estimate of drug-likeness (QED) is 0.891. The first-order chi connectivity index (χ1) is 9.56. The van der Waals surface area contributed by atoms with E-state index in [-0.39, 0.29) is 23.6 Å². The van der Waals surface area contributed by atoms with Crippen LogP contribution in [0.5, 0.6) is 0 Å². The highest BCUT2D eigenvalue weighted by molar-refractivity contribution is 5.93. The van der Waals surface area contributed by atoms with Crippen LogP contribution < -0.4 is 5.32 Å². The van der Waals surface area contributed by atoms with Crippen LogP contribution in [-0.4, -0.2) is 22.0 Å². The van der Waals surface area contributed by atoms with Crippen molar-refractivity contribution in [1.29, 1.82) is 0 Å². The summed E-state index contributed by atoms with van der Waals surface area (Å²) < 4.78 is 13.0. The lowest BCUT2D eigenvalue weighted by atomic mass is 10.2. The average Bonchev–Trinajstić information content (AvgIpc) is 2.45. The maximum Gasteiger partial charge on any atom is 0.337 e. The van der Waals surface area contributed by atoms with Crippen LogP contribution in [0.3, 0.4) is 0 Å². The van der Waals surface area contributed by atoms with E-state index < -0.39 is 11.9 Å². The number of pyridine rings is 1. The second kappa shape index (κ2) is 5.92. The largest absolute Gasteiger partial charge is 0.478 e. The Bertz CT molecular complexity index is 641. The van der Waals surface area contributed by atoms with Crippen LogP contribution in [0.15, 0.2) is 42.6 Å². The summed E-state index contributed by atoms with van der Waals surface area (Å²) in [6, 6.07) is 8.50. The number of amides is 1. The van der Waals surface area contributed by atoms with Gasteiger partial charge in [-0.3, -0.25) is 9.78 Å². The van der Waals surface area contributed by atoms with Crippen LogP contribution >= 0.6 is 0 Å². The monoisotopic (exact) mass is 274 g/mol. The predicted octanol–water partition coefficient (Wildman–Crippen LogP) is 1.85. The van der Waals surface area contributed by atoms with Gasteiger partial charge >= 0.3 is 5.97 Å². The van der Waals surface area contributed by atoms with E-state index in [1.165, 1.54) is 24.3 Å². The Kier molecular flexibility index (Phi) is 4.05. The number of nitrogens with one attached hydrogen (secondary N) is 1. The molecule has 1 heterocycles. The molecule has 0 radical (unpaired) electrons. The fourth-order valence-electron chi connectivity index (χ4n) is 1.57. The van der Waals surface area contributed by atoms with Gasteiger partial charge in [0.25, 0.3) is 5.91 Å². The molecule has 102 valence electrons. The average molecular weight is 274 g/mol. The number of hydrogen-bond donors (Lipinski definition) is 2. The maximum absolute atomic E-state index is 13.0. The van der Waals surface area contributed by atoms with E-state index in [1.54, 1.807) is 12.1 Å². The van der Waals surface area contributed by atoms with Gasteiger partial charge in [0.2, 0.25) is 0 Å². The van der Waals surface area contributed by atoms with Crippen LogP contribution in [0.25, 0.3) is 0 Å². The predicted molar refractivity (Wildman–Crippen MR) is 68.8 cm³/mol. The molecular formula is C14H11FN2O3. The summed E-state index contributed by atoms with van der Waals surface area (Å²) in [6.45, 7) is 0.166. The second-order valence-electron chi connectivity index (χ2n) is 4.05. The zero-order valence-electron chi connectivity index (χ0n) is 10.3. The van der Waals surface area contributed by atoms with Crippen LogP contribution in [0.1, 0.15) is 26.4 Å². The molecule has 2 rings (SSSR count). The Morgan fingerprint density at radius 1 is 1.25 bits per heavy atom. The van der Waals surface area contributed by atoms with Crippen molar-refractivity contribution >= 4 is 11.9 Å². The summed E-state index contributed by atoms with van der Waals surface area (Å²) in [6.07, 6.45) is 1.11. The highest BCUT2D eigenvalue weighted by atomic mass is 19.1. The van der Waals surface area contributed by atoms with Crippen molar-refractivity contribution in [1.82, 2.24) is 10.3 Å². The van der Waals surface area contributed by atoms with Crippen LogP contribution in [0, 0.1) is 5.82 Å². The number of carboxylic acid groups (broad SMARTS) is 1. The molecule has 20 heavy (non-hydrogen) atoms. The van der Waals surface area contributed by atoms with E-state index in [0.29, 0.717) is 5.56 Å². The summed E-state index contributed by atoms with van der Waals surface area (Å²) in [5.41, 5.74) is 0.735. The minimum Gasteiger partial charge on any atom is -0.478 e. The van der Waals surface area contributed by atoms with E-state index in [2.05, 4.69) is 10.3 Å². The number of rotatable bonds is 4. The number of carboxylic acids is 1. The van der Waals surface area contributed by atoms with Gasteiger partial charge in [0, 0.05) is 12.7 Å². The molecule has 0 unspecified atom stereocenters. The summed E-state index contributed by atoms with van der Waals surface area (Å²) >= 11 is 0. The normalized spacial score (nSPS) is 10.1. The van der Waals surface area contributed by atoms with E-state index >= 15 is 0 Å². The van der Waals surface area contributed by atoms with Crippen LogP contribution in [-0.2, 0) is 6.54 Å². The Labute approximate surface area is 114 Å². The number of aromatic nitrogens is 1. The standard InChI is InChI=1S/C14H11FN2O3/c15-11-3-1-2-9(6-11)7-17-13(18)12-5-4-10(8-16-12)14(19)20/h1-6,8H,7H2,(H,17,18)(H,19,20). The lowest BCUT2D eigenvalue weighted by Gasteiger charge is -2.05. The minimum atomic E-state index is -1.11. The lowest BCUT2D eigenvalue weighted by Crippen LogP contribution is -2.23. The number of benzene rings is 1. The van der Waals surface area contributed by atoms with Gasteiger partial charge in [-0.05, 0) is 29.8 Å². The molecular weight excluding hydrogens is 263 g/mol. The molecule has 6 heteroatoms. The highest BCUT2D eigenvalue weighted by Crippen LogP contribution is 2.04. The lowest BCUT2D eigenvalue weighted by molar-refractivity contribution is 0.0695. The number of nitrogens with zero attached hydrogens (tertiary/aromatic N) is 1. The van der Waals surface area contributed by atoms with Crippen molar-refractivity contribution < 1.29 is 19.1 Å². The van der Waals surface area contributed by atoms with Gasteiger partial charge in [0.15, 0.2) is 0 Å². The van der Waals surface area contributed by atoms with Gasteiger partial charge in [-0.2, -0.15) is 0 Å². The third-order valence-electron chi connectivity index (χ3n) is 2.59. The Morgan fingerprint density at radius 2 is 2.05 bits per heavy atom. The number of aromatic carboxylic acids is 1. The van der Waals surface area contributed by atoms with Gasteiger partial charge in [-0.1, -0.05) is 12.1 Å². The van der Waals surface area contributed by atoms with Crippen molar-refractivity contribution in [2.75, 3.05) is 0 Å². The fourth-order valence-corrected chi connectivity index (χ4v) is 1.57. The first-order valence-electron chi connectivity index (χ1n) is 5.78. The number of hydrogen-bond acceptors (Lipinski definition) is 3. The van der Waals surface area contributed by atoms with Crippen LogP contribution in [0.2, 0.25) is 0 Å². The van der Waals surface area contributed by atoms with E-state index in [9.17, 15) is 14.0 Å². The fraction of sp³-hybridized carbons (Fsp3) is 0.0714. The van der Waals surface area contributed by atoms with Gasteiger partial charge in [0.1, 0.15) is 11.5 Å². The zero-order chi connectivity index (χ0) is 14.5. The van der Waals surface area contributed by atoms with Gasteiger partial charge in [-0.25, -0.2) is 9.18 Å². The van der Waals surface area contributed by atoms with E-state index in [0.717, 1.165) is 6.20 Å². The number of carbonyl (C=O) groups excluding carboxylic acids is 1. The van der Waals surface area contributed by atoms with Crippen molar-refractivity contribution in [3.05, 3.63) is 65.2 Å². The minimum absolute atomic E-state index is 0.00619. The number of carbonyl (C=O) groups is 2. The number of halogens is 1. The Morgan fingerprint density at radius 3 is 2.65 bits per heavy atom. The SMILES string of the molecule is O=C(O)c1ccc(C(=O)NCc2cccc(F)c2)nc1. The molecule has 1 aromatic heterocycles. The Balaban J connectivity index is 1.99. The third-order valence-corrected chi connectivity index (χ3v) is 2.59. The van der Waals surface area contributed by atoms with Crippen molar-refractivity contribution in [2.24, 2.45) is 0 Å². The molecule has 2 N–H and O–H groups in total. The van der Waals surface area contributed by atoms with E-state index in [1.807, 2.05) is 0 Å². The molecule has 5 nitrogen and oxygen atoms in total. The van der Waals surface area contributed by atoms with Gasteiger partial charge in [0.05, 0.1) is 5.56 Å². The summed E-state index contributed by atoms with van der Waals surface area (Å²) in [5.74, 6) is -1.93. The topological polar surface area (TPSA) is 79.3 Å². The van der Waals surface area contributed by atoms with Gasteiger partial charge < -0.3 is 10.4 Å². The smallest absolute Gasteiger partial charge is 0.337 e. The molecule has 0 saturated carbocycles.